The van der Waals surface area contributed by atoms with E-state index in [-0.39, 0.29) is 0 Å². The average molecular weight is 274 g/mol. The van der Waals surface area contributed by atoms with E-state index in [2.05, 4.69) is 48.3 Å². The van der Waals surface area contributed by atoms with Gasteiger partial charge >= 0.3 is 0 Å². The molecule has 1 saturated carbocycles. The van der Waals surface area contributed by atoms with Crippen LogP contribution in [0.1, 0.15) is 57.9 Å². The van der Waals surface area contributed by atoms with E-state index in [1.807, 2.05) is 0 Å². The minimum Gasteiger partial charge on any atom is -0.382 e. The Morgan fingerprint density at radius 1 is 1.05 bits per heavy atom. The molecule has 1 N–H and O–H groups in total. The molecule has 1 aromatic carbocycles. The van der Waals surface area contributed by atoms with Gasteiger partial charge in [0, 0.05) is 18.3 Å². The van der Waals surface area contributed by atoms with Crippen molar-refractivity contribution < 1.29 is 0 Å². The fraction of sp³-hybridized carbons (Fsp3) is 0.667. The zero-order chi connectivity index (χ0) is 14.2. The number of benzene rings is 1. The summed E-state index contributed by atoms with van der Waals surface area (Å²) in [5.41, 5.74) is 2.73. The lowest BCUT2D eigenvalue weighted by Gasteiger charge is -2.20. The molecule has 0 saturated heterocycles. The van der Waals surface area contributed by atoms with Crippen molar-refractivity contribution >= 4 is 5.69 Å². The first-order valence-electron chi connectivity index (χ1n) is 8.39. The lowest BCUT2D eigenvalue weighted by atomic mass is 10.1. The zero-order valence-electron chi connectivity index (χ0n) is 13.2. The average Bonchev–Trinajstić information content (AvgIpc) is 2.74. The Labute approximate surface area is 124 Å². The first kappa shape index (κ1) is 15.4. The van der Waals surface area contributed by atoms with Crippen LogP contribution >= 0.6 is 0 Å². The topological polar surface area (TPSA) is 15.3 Å². The van der Waals surface area contributed by atoms with E-state index in [9.17, 15) is 0 Å². The Kier molecular flexibility index (Phi) is 6.38. The molecule has 0 spiro atoms. The largest absolute Gasteiger partial charge is 0.382 e. The highest BCUT2D eigenvalue weighted by molar-refractivity contribution is 5.46. The summed E-state index contributed by atoms with van der Waals surface area (Å²) in [4.78, 5) is 2.46. The third-order valence-corrected chi connectivity index (χ3v) is 4.45. The van der Waals surface area contributed by atoms with Crippen LogP contribution in [0.4, 0.5) is 5.69 Å². The minimum absolute atomic E-state index is 0.682. The highest BCUT2D eigenvalue weighted by Crippen LogP contribution is 2.22. The molecule has 20 heavy (non-hydrogen) atoms. The molecule has 0 unspecified atom stereocenters. The second kappa shape index (κ2) is 8.31. The predicted octanol–water partition coefficient (Wildman–Crippen LogP) is 4.66. The van der Waals surface area contributed by atoms with Gasteiger partial charge in [0.2, 0.25) is 0 Å². The molecule has 112 valence electrons. The summed E-state index contributed by atoms with van der Waals surface area (Å²) < 4.78 is 0. The Morgan fingerprint density at radius 3 is 2.40 bits per heavy atom. The van der Waals surface area contributed by atoms with E-state index in [1.165, 1.54) is 49.8 Å². The highest BCUT2D eigenvalue weighted by atomic mass is 15.1. The molecule has 0 radical (unpaired) electrons. The van der Waals surface area contributed by atoms with Crippen molar-refractivity contribution in [3.63, 3.8) is 0 Å². The van der Waals surface area contributed by atoms with Crippen molar-refractivity contribution in [3.8, 4) is 0 Å². The van der Waals surface area contributed by atoms with Crippen molar-refractivity contribution in [1.29, 1.82) is 0 Å². The maximum atomic E-state index is 3.75. The smallest absolute Gasteiger partial charge is 0.0345 e. The van der Waals surface area contributed by atoms with Crippen LogP contribution in [0.25, 0.3) is 0 Å². The molecule has 1 aromatic rings. The van der Waals surface area contributed by atoms with Crippen LogP contribution in [0, 0.1) is 0 Å². The fourth-order valence-electron chi connectivity index (χ4n) is 3.12. The summed E-state index contributed by atoms with van der Waals surface area (Å²) in [7, 11) is 0. The fourth-order valence-corrected chi connectivity index (χ4v) is 3.12. The summed E-state index contributed by atoms with van der Waals surface area (Å²) >= 11 is 0. The number of hydrogen-bond donors (Lipinski definition) is 1. The van der Waals surface area contributed by atoms with E-state index < -0.39 is 0 Å². The second-order valence-electron chi connectivity index (χ2n) is 5.99. The van der Waals surface area contributed by atoms with E-state index in [1.54, 1.807) is 0 Å². The molecule has 1 aliphatic carbocycles. The van der Waals surface area contributed by atoms with Crippen LogP contribution in [0.3, 0.4) is 0 Å². The third kappa shape index (κ3) is 4.82. The van der Waals surface area contributed by atoms with Crippen molar-refractivity contribution in [2.24, 2.45) is 0 Å². The normalized spacial score (nSPS) is 17.1. The molecule has 1 fully saturated rings. The van der Waals surface area contributed by atoms with Crippen LogP contribution < -0.4 is 5.32 Å². The van der Waals surface area contributed by atoms with Crippen LogP contribution in [0.15, 0.2) is 24.3 Å². The van der Waals surface area contributed by atoms with Gasteiger partial charge in [0.15, 0.2) is 0 Å². The number of rotatable bonds is 6. The van der Waals surface area contributed by atoms with Gasteiger partial charge in [-0.25, -0.2) is 0 Å². The van der Waals surface area contributed by atoms with Crippen LogP contribution in [-0.4, -0.2) is 24.0 Å². The number of nitrogens with zero attached hydrogens (tertiary/aromatic N) is 1. The first-order valence-corrected chi connectivity index (χ1v) is 8.39. The van der Waals surface area contributed by atoms with E-state index in [4.69, 9.17) is 0 Å². The van der Waals surface area contributed by atoms with Crippen LogP contribution in [-0.2, 0) is 6.54 Å². The zero-order valence-corrected chi connectivity index (χ0v) is 13.2. The van der Waals surface area contributed by atoms with Gasteiger partial charge in [0.1, 0.15) is 0 Å². The molecule has 0 aliphatic heterocycles. The van der Waals surface area contributed by atoms with Gasteiger partial charge in [0.05, 0.1) is 0 Å². The van der Waals surface area contributed by atoms with Gasteiger partial charge in [0.25, 0.3) is 0 Å². The lowest BCUT2D eigenvalue weighted by molar-refractivity contribution is 0.296. The van der Waals surface area contributed by atoms with E-state index >= 15 is 0 Å². The van der Waals surface area contributed by atoms with Crippen molar-refractivity contribution in [2.75, 3.05) is 18.4 Å². The second-order valence-corrected chi connectivity index (χ2v) is 5.99. The van der Waals surface area contributed by atoms with Gasteiger partial charge in [-0.05, 0) is 43.6 Å². The molecule has 2 nitrogen and oxygen atoms in total. The SMILES string of the molecule is CCN(CC)Cc1cccc(NC2CCCCCC2)c1. The summed E-state index contributed by atoms with van der Waals surface area (Å²) in [6.07, 6.45) is 8.27. The molecule has 0 atom stereocenters. The Morgan fingerprint density at radius 2 is 1.75 bits per heavy atom. The number of anilines is 1. The molecule has 0 amide bonds. The number of nitrogens with one attached hydrogen (secondary N) is 1. The molecule has 2 rings (SSSR count). The summed E-state index contributed by atoms with van der Waals surface area (Å²) in [6.45, 7) is 7.77. The molecule has 1 aliphatic rings. The van der Waals surface area contributed by atoms with Gasteiger partial charge in [-0.3, -0.25) is 4.90 Å². The van der Waals surface area contributed by atoms with Gasteiger partial charge in [-0.1, -0.05) is 51.7 Å². The standard InChI is InChI=1S/C18H30N2/c1-3-20(4-2)15-16-10-9-13-18(14-16)19-17-11-7-5-6-8-12-17/h9-10,13-14,17,19H,3-8,11-12,15H2,1-2H3. The summed E-state index contributed by atoms with van der Waals surface area (Å²) in [5.74, 6) is 0. The highest BCUT2D eigenvalue weighted by Gasteiger charge is 2.12. The molecule has 2 heteroatoms. The van der Waals surface area contributed by atoms with Gasteiger partial charge in [-0.15, -0.1) is 0 Å². The Bertz CT molecular complexity index is 377. The molecule has 0 aromatic heterocycles. The van der Waals surface area contributed by atoms with Crippen molar-refractivity contribution in [1.82, 2.24) is 4.90 Å². The third-order valence-electron chi connectivity index (χ3n) is 4.45. The summed E-state index contributed by atoms with van der Waals surface area (Å²) in [5, 5.41) is 3.75. The predicted molar refractivity (Wildman–Crippen MR) is 88.2 cm³/mol. The van der Waals surface area contributed by atoms with E-state index in [0.717, 1.165) is 19.6 Å². The maximum absolute atomic E-state index is 3.75. The van der Waals surface area contributed by atoms with E-state index in [0.29, 0.717) is 6.04 Å². The van der Waals surface area contributed by atoms with Crippen LogP contribution in [0.5, 0.6) is 0 Å². The monoisotopic (exact) mass is 274 g/mol. The lowest BCUT2D eigenvalue weighted by Crippen LogP contribution is -2.22. The van der Waals surface area contributed by atoms with Gasteiger partial charge in [-0.2, -0.15) is 0 Å². The first-order chi connectivity index (χ1) is 9.81. The van der Waals surface area contributed by atoms with Crippen molar-refractivity contribution in [2.45, 2.75) is 65.0 Å². The minimum atomic E-state index is 0.682. The quantitative estimate of drug-likeness (QED) is 0.759. The Balaban J connectivity index is 1.94. The molecule has 0 bridgehead atoms. The Hall–Kier alpha value is -1.02. The molecular weight excluding hydrogens is 244 g/mol. The molecule has 0 heterocycles. The van der Waals surface area contributed by atoms with Crippen LogP contribution in [0.2, 0.25) is 0 Å². The number of hydrogen-bond acceptors (Lipinski definition) is 2. The summed E-state index contributed by atoms with van der Waals surface area (Å²) in [6, 6.07) is 9.68. The maximum Gasteiger partial charge on any atom is 0.0345 e. The van der Waals surface area contributed by atoms with Gasteiger partial charge < -0.3 is 5.32 Å². The van der Waals surface area contributed by atoms with Crippen molar-refractivity contribution in [3.05, 3.63) is 29.8 Å². The molecular formula is C18H30N2.